The molecule has 0 saturated heterocycles. The zero-order chi connectivity index (χ0) is 13.8. The molecule has 0 aliphatic rings. The van der Waals surface area contributed by atoms with E-state index in [1.807, 2.05) is 0 Å². The van der Waals surface area contributed by atoms with Crippen LogP contribution >= 0.6 is 11.6 Å². The summed E-state index contributed by atoms with van der Waals surface area (Å²) < 4.78 is 13.6. The van der Waals surface area contributed by atoms with E-state index in [1.54, 1.807) is 30.3 Å². The molecule has 2 rings (SSSR count). The molecule has 0 fully saturated rings. The fraction of sp³-hybridized carbons (Fsp3) is 0.200. The van der Waals surface area contributed by atoms with Gasteiger partial charge in [-0.1, -0.05) is 29.8 Å². The highest BCUT2D eigenvalue weighted by Gasteiger charge is 2.13. The van der Waals surface area contributed by atoms with Gasteiger partial charge in [0.2, 0.25) is 0 Å². The second-order valence-corrected chi connectivity index (χ2v) is 4.84. The number of aliphatic hydroxyl groups excluding tert-OH is 1. The maximum atomic E-state index is 13.6. The van der Waals surface area contributed by atoms with Gasteiger partial charge in [0.1, 0.15) is 11.6 Å². The zero-order valence-corrected chi connectivity index (χ0v) is 10.9. The molecule has 1 atom stereocenters. The largest absolute Gasteiger partial charge is 0.508 e. The number of halogens is 2. The monoisotopic (exact) mass is 280 g/mol. The molecule has 2 aromatic carbocycles. The summed E-state index contributed by atoms with van der Waals surface area (Å²) in [7, 11) is 0. The van der Waals surface area contributed by atoms with E-state index in [2.05, 4.69) is 0 Å². The summed E-state index contributed by atoms with van der Waals surface area (Å²) in [4.78, 5) is 0. The molecule has 2 N–H and O–H groups in total. The average Bonchev–Trinajstić information content (AvgIpc) is 2.34. The van der Waals surface area contributed by atoms with Crippen LogP contribution in [0.5, 0.6) is 5.75 Å². The van der Waals surface area contributed by atoms with Crippen molar-refractivity contribution in [2.24, 2.45) is 0 Å². The van der Waals surface area contributed by atoms with Crippen molar-refractivity contribution in [3.63, 3.8) is 0 Å². The van der Waals surface area contributed by atoms with Crippen LogP contribution in [0.1, 0.15) is 11.1 Å². The normalized spacial score (nSPS) is 12.4. The number of hydrogen-bond acceptors (Lipinski definition) is 2. The van der Waals surface area contributed by atoms with Crippen molar-refractivity contribution in [3.8, 4) is 5.75 Å². The van der Waals surface area contributed by atoms with Gasteiger partial charge < -0.3 is 10.2 Å². The molecular weight excluding hydrogens is 267 g/mol. The Morgan fingerprint density at radius 1 is 1.11 bits per heavy atom. The summed E-state index contributed by atoms with van der Waals surface area (Å²) in [5.41, 5.74) is 1.11. The molecule has 2 nitrogen and oxygen atoms in total. The molecule has 0 heterocycles. The van der Waals surface area contributed by atoms with Crippen LogP contribution in [0.25, 0.3) is 0 Å². The van der Waals surface area contributed by atoms with Gasteiger partial charge >= 0.3 is 0 Å². The van der Waals surface area contributed by atoms with Crippen LogP contribution in [0.15, 0.2) is 42.5 Å². The molecular formula is C15H14ClFO2. The van der Waals surface area contributed by atoms with Crippen molar-refractivity contribution in [1.82, 2.24) is 0 Å². The minimum Gasteiger partial charge on any atom is -0.508 e. The summed E-state index contributed by atoms with van der Waals surface area (Å²) in [6, 6.07) is 11.1. The summed E-state index contributed by atoms with van der Waals surface area (Å²) in [5.74, 6) is -0.268. The molecule has 4 heteroatoms. The Morgan fingerprint density at radius 3 is 2.53 bits per heavy atom. The number of hydrogen-bond donors (Lipinski definition) is 2. The first-order valence-corrected chi connectivity index (χ1v) is 6.33. The van der Waals surface area contributed by atoms with E-state index in [0.29, 0.717) is 17.0 Å². The van der Waals surface area contributed by atoms with Gasteiger partial charge in [0.05, 0.1) is 6.10 Å². The van der Waals surface area contributed by atoms with Gasteiger partial charge in [0.15, 0.2) is 0 Å². The van der Waals surface area contributed by atoms with Gasteiger partial charge in [-0.3, -0.25) is 0 Å². The van der Waals surface area contributed by atoms with Crippen molar-refractivity contribution in [2.75, 3.05) is 0 Å². The molecule has 0 aromatic heterocycles. The van der Waals surface area contributed by atoms with Crippen LogP contribution < -0.4 is 0 Å². The van der Waals surface area contributed by atoms with Gasteiger partial charge in [-0.05, 0) is 36.2 Å². The summed E-state index contributed by atoms with van der Waals surface area (Å²) in [5, 5.41) is 19.6. The highest BCUT2D eigenvalue weighted by atomic mass is 35.5. The molecule has 0 aliphatic heterocycles. The molecule has 2 aromatic rings. The second kappa shape index (κ2) is 6.04. The number of phenolic OH excluding ortho intramolecular Hbond substituents is 1. The Balaban J connectivity index is 2.07. The second-order valence-electron chi connectivity index (χ2n) is 4.43. The predicted molar refractivity (Wildman–Crippen MR) is 72.9 cm³/mol. The Hall–Kier alpha value is -1.58. The highest BCUT2D eigenvalue weighted by molar-refractivity contribution is 6.31. The number of aromatic hydroxyl groups is 1. The molecule has 1 unspecified atom stereocenters. The smallest absolute Gasteiger partial charge is 0.127 e. The van der Waals surface area contributed by atoms with Crippen molar-refractivity contribution in [2.45, 2.75) is 18.9 Å². The minimum atomic E-state index is -0.754. The first-order valence-electron chi connectivity index (χ1n) is 5.95. The van der Waals surface area contributed by atoms with E-state index in [-0.39, 0.29) is 12.2 Å². The maximum absolute atomic E-state index is 13.6. The van der Waals surface area contributed by atoms with Gasteiger partial charge in [0, 0.05) is 17.0 Å². The summed E-state index contributed by atoms with van der Waals surface area (Å²) in [6.45, 7) is 0. The van der Waals surface area contributed by atoms with Crippen LogP contribution in [-0.4, -0.2) is 16.3 Å². The van der Waals surface area contributed by atoms with Crippen LogP contribution in [0, 0.1) is 5.82 Å². The van der Waals surface area contributed by atoms with Crippen LogP contribution in [-0.2, 0) is 12.8 Å². The van der Waals surface area contributed by atoms with Crippen molar-refractivity contribution in [3.05, 3.63) is 64.4 Å². The van der Waals surface area contributed by atoms with Crippen LogP contribution in [0.4, 0.5) is 4.39 Å². The molecule has 0 aliphatic carbocycles. The minimum absolute atomic E-state index is 0.140. The third-order valence-corrected chi connectivity index (χ3v) is 3.24. The standard InChI is InChI=1S/C15H14ClFO2/c16-14-5-2-6-15(17)13(14)9-12(19)8-10-3-1-4-11(18)7-10/h1-7,12,18-19H,8-9H2. The fourth-order valence-electron chi connectivity index (χ4n) is 1.99. The first-order chi connectivity index (χ1) is 9.06. The van der Waals surface area contributed by atoms with E-state index in [4.69, 9.17) is 11.6 Å². The molecule has 0 amide bonds. The number of aliphatic hydroxyl groups is 1. The van der Waals surface area contributed by atoms with E-state index in [1.165, 1.54) is 12.1 Å². The average molecular weight is 281 g/mol. The quantitative estimate of drug-likeness (QED) is 0.902. The molecule has 0 spiro atoms. The maximum Gasteiger partial charge on any atom is 0.127 e. The lowest BCUT2D eigenvalue weighted by molar-refractivity contribution is 0.174. The Labute approximate surface area is 116 Å². The highest BCUT2D eigenvalue weighted by Crippen LogP contribution is 2.22. The lowest BCUT2D eigenvalue weighted by Gasteiger charge is -2.12. The van der Waals surface area contributed by atoms with Crippen LogP contribution in [0.3, 0.4) is 0 Å². The Bertz CT molecular complexity index is 552. The Kier molecular flexibility index (Phi) is 4.40. The molecule has 0 radical (unpaired) electrons. The lowest BCUT2D eigenvalue weighted by atomic mass is 10.0. The molecule has 0 saturated carbocycles. The van der Waals surface area contributed by atoms with Crippen LogP contribution in [0.2, 0.25) is 5.02 Å². The van der Waals surface area contributed by atoms with E-state index < -0.39 is 11.9 Å². The van der Waals surface area contributed by atoms with E-state index in [9.17, 15) is 14.6 Å². The van der Waals surface area contributed by atoms with Crippen molar-refractivity contribution in [1.29, 1.82) is 0 Å². The summed E-state index contributed by atoms with van der Waals surface area (Å²) >= 11 is 5.91. The third kappa shape index (κ3) is 3.69. The van der Waals surface area contributed by atoms with E-state index in [0.717, 1.165) is 5.56 Å². The van der Waals surface area contributed by atoms with Gasteiger partial charge in [-0.25, -0.2) is 4.39 Å². The predicted octanol–water partition coefficient (Wildman–Crippen LogP) is 3.33. The first kappa shape index (κ1) is 13.8. The molecule has 0 bridgehead atoms. The summed E-state index contributed by atoms with van der Waals surface area (Å²) in [6.07, 6.45) is -0.281. The number of rotatable bonds is 4. The lowest BCUT2D eigenvalue weighted by Crippen LogP contribution is -2.15. The molecule has 19 heavy (non-hydrogen) atoms. The Morgan fingerprint density at radius 2 is 1.84 bits per heavy atom. The van der Waals surface area contributed by atoms with E-state index >= 15 is 0 Å². The van der Waals surface area contributed by atoms with Gasteiger partial charge in [-0.2, -0.15) is 0 Å². The number of benzene rings is 2. The SMILES string of the molecule is Oc1cccc(CC(O)Cc2c(F)cccc2Cl)c1. The number of phenols is 1. The molecule has 100 valence electrons. The van der Waals surface area contributed by atoms with Crippen molar-refractivity contribution >= 4 is 11.6 Å². The van der Waals surface area contributed by atoms with Gasteiger partial charge in [0.25, 0.3) is 0 Å². The topological polar surface area (TPSA) is 40.5 Å². The third-order valence-electron chi connectivity index (χ3n) is 2.88. The fourth-order valence-corrected chi connectivity index (χ4v) is 2.23. The zero-order valence-electron chi connectivity index (χ0n) is 10.2. The van der Waals surface area contributed by atoms with Crippen molar-refractivity contribution < 1.29 is 14.6 Å². The van der Waals surface area contributed by atoms with Gasteiger partial charge in [-0.15, -0.1) is 0 Å².